The molecule has 0 aliphatic heterocycles. The van der Waals surface area contributed by atoms with Gasteiger partial charge in [-0.2, -0.15) is 0 Å². The van der Waals surface area contributed by atoms with Gasteiger partial charge in [0.15, 0.2) is 0 Å². The van der Waals surface area contributed by atoms with Gasteiger partial charge < -0.3 is 10.6 Å². The third kappa shape index (κ3) is 3.64. The number of hydrogen-bond acceptors (Lipinski definition) is 2. The molecule has 1 atom stereocenters. The number of aryl methyl sites for hydroxylation is 1. The van der Waals surface area contributed by atoms with Gasteiger partial charge in [0, 0.05) is 22.8 Å². The number of rotatable bonds is 3. The van der Waals surface area contributed by atoms with Crippen LogP contribution >= 0.6 is 15.9 Å². The monoisotopic (exact) mass is 346 g/mol. The van der Waals surface area contributed by atoms with Gasteiger partial charge in [0.05, 0.1) is 6.04 Å². The predicted molar refractivity (Wildman–Crippen MR) is 90.2 cm³/mol. The second kappa shape index (κ2) is 6.31. The number of anilines is 1. The number of nitrogens with two attached hydrogens (primary N) is 1. The van der Waals surface area contributed by atoms with Crippen LogP contribution in [0.25, 0.3) is 0 Å². The molecule has 0 bridgehead atoms. The van der Waals surface area contributed by atoms with E-state index in [1.807, 2.05) is 20.9 Å². The largest absolute Gasteiger partial charge is 0.399 e. The molecule has 0 fully saturated rings. The minimum absolute atomic E-state index is 0.00157. The van der Waals surface area contributed by atoms with Crippen molar-refractivity contribution in [2.75, 3.05) is 12.8 Å². The zero-order chi connectivity index (χ0) is 15.6. The predicted octanol–water partition coefficient (Wildman–Crippen LogP) is 4.17. The van der Waals surface area contributed by atoms with Crippen LogP contribution in [0.5, 0.6) is 0 Å². The van der Waals surface area contributed by atoms with E-state index < -0.39 is 0 Å². The Morgan fingerprint density at radius 3 is 2.38 bits per heavy atom. The average molecular weight is 347 g/mol. The van der Waals surface area contributed by atoms with Crippen LogP contribution in [-0.4, -0.2) is 17.9 Å². The highest BCUT2D eigenvalue weighted by molar-refractivity contribution is 9.10. The summed E-state index contributed by atoms with van der Waals surface area (Å²) in [6, 6.07) is 13.5. The Balaban J connectivity index is 2.23. The maximum absolute atomic E-state index is 12.6. The van der Waals surface area contributed by atoms with Crippen LogP contribution in [0, 0.1) is 6.92 Å². The van der Waals surface area contributed by atoms with Crippen LogP contribution < -0.4 is 5.73 Å². The second-order valence-corrected chi connectivity index (χ2v) is 6.19. The summed E-state index contributed by atoms with van der Waals surface area (Å²) in [7, 11) is 1.81. The van der Waals surface area contributed by atoms with Gasteiger partial charge in [0.1, 0.15) is 0 Å². The standard InChI is InChI=1S/C17H19BrN2O/c1-11-4-6-13(7-5-11)12(2)20(3)17(21)14-8-15(18)10-16(19)9-14/h4-10,12H,19H2,1-3H3. The fourth-order valence-corrected chi connectivity index (χ4v) is 2.69. The summed E-state index contributed by atoms with van der Waals surface area (Å²) in [5.41, 5.74) is 9.28. The van der Waals surface area contributed by atoms with Crippen LogP contribution in [0.2, 0.25) is 0 Å². The molecule has 3 nitrogen and oxygen atoms in total. The van der Waals surface area contributed by atoms with E-state index in [1.54, 1.807) is 23.1 Å². The molecule has 0 spiro atoms. The number of carbonyl (C=O) groups excluding carboxylic acids is 1. The SMILES string of the molecule is Cc1ccc(C(C)N(C)C(=O)c2cc(N)cc(Br)c2)cc1. The minimum Gasteiger partial charge on any atom is -0.399 e. The van der Waals surface area contributed by atoms with Gasteiger partial charge in [-0.05, 0) is 37.6 Å². The van der Waals surface area contributed by atoms with E-state index >= 15 is 0 Å². The van der Waals surface area contributed by atoms with Gasteiger partial charge in [-0.3, -0.25) is 4.79 Å². The molecule has 0 aliphatic carbocycles. The zero-order valence-electron chi connectivity index (χ0n) is 12.4. The molecule has 0 aromatic heterocycles. The van der Waals surface area contributed by atoms with Gasteiger partial charge >= 0.3 is 0 Å². The average Bonchev–Trinajstić information content (AvgIpc) is 2.44. The summed E-state index contributed by atoms with van der Waals surface area (Å²) >= 11 is 3.37. The summed E-state index contributed by atoms with van der Waals surface area (Å²) in [5.74, 6) is -0.0453. The molecular weight excluding hydrogens is 328 g/mol. The molecule has 0 heterocycles. The molecule has 1 unspecified atom stereocenters. The number of amides is 1. The Labute approximate surface area is 133 Å². The normalized spacial score (nSPS) is 12.0. The number of nitrogens with zero attached hydrogens (tertiary/aromatic N) is 1. The van der Waals surface area contributed by atoms with Crippen molar-refractivity contribution < 1.29 is 4.79 Å². The fourth-order valence-electron chi connectivity index (χ4n) is 2.18. The van der Waals surface area contributed by atoms with Crippen LogP contribution in [0.15, 0.2) is 46.9 Å². The third-order valence-corrected chi connectivity index (χ3v) is 4.09. The van der Waals surface area contributed by atoms with Crippen molar-refractivity contribution in [1.82, 2.24) is 4.90 Å². The molecule has 0 saturated carbocycles. The lowest BCUT2D eigenvalue weighted by molar-refractivity contribution is 0.0742. The summed E-state index contributed by atoms with van der Waals surface area (Å²) in [4.78, 5) is 14.3. The van der Waals surface area contributed by atoms with Crippen molar-refractivity contribution >= 4 is 27.5 Å². The summed E-state index contributed by atoms with van der Waals surface area (Å²) < 4.78 is 0.808. The van der Waals surface area contributed by atoms with E-state index in [-0.39, 0.29) is 11.9 Å². The van der Waals surface area contributed by atoms with Gasteiger partial charge in [-0.1, -0.05) is 45.8 Å². The fraction of sp³-hybridized carbons (Fsp3) is 0.235. The van der Waals surface area contributed by atoms with Crippen molar-refractivity contribution in [3.63, 3.8) is 0 Å². The Kier molecular flexibility index (Phi) is 4.68. The number of carbonyl (C=O) groups is 1. The second-order valence-electron chi connectivity index (χ2n) is 5.28. The maximum Gasteiger partial charge on any atom is 0.254 e. The molecule has 0 saturated heterocycles. The summed E-state index contributed by atoms with van der Waals surface area (Å²) in [6.45, 7) is 4.07. The van der Waals surface area contributed by atoms with E-state index in [0.717, 1.165) is 10.0 Å². The third-order valence-electron chi connectivity index (χ3n) is 3.63. The molecular formula is C17H19BrN2O. The molecule has 110 valence electrons. The van der Waals surface area contributed by atoms with Crippen LogP contribution in [-0.2, 0) is 0 Å². The first-order valence-electron chi connectivity index (χ1n) is 6.78. The van der Waals surface area contributed by atoms with Crippen molar-refractivity contribution in [3.8, 4) is 0 Å². The van der Waals surface area contributed by atoms with Gasteiger partial charge in [0.2, 0.25) is 0 Å². The van der Waals surface area contributed by atoms with Crippen LogP contribution in [0.4, 0.5) is 5.69 Å². The molecule has 2 N–H and O–H groups in total. The molecule has 1 amide bonds. The maximum atomic E-state index is 12.6. The Bertz CT molecular complexity index is 632. The highest BCUT2D eigenvalue weighted by atomic mass is 79.9. The molecule has 0 aliphatic rings. The molecule has 4 heteroatoms. The first-order chi connectivity index (χ1) is 9.88. The number of halogens is 1. The van der Waals surface area contributed by atoms with Crippen molar-refractivity contribution in [2.24, 2.45) is 0 Å². The number of nitrogen functional groups attached to an aromatic ring is 1. The number of benzene rings is 2. The van der Waals surface area contributed by atoms with E-state index in [2.05, 4.69) is 40.2 Å². The Morgan fingerprint density at radius 1 is 1.19 bits per heavy atom. The first-order valence-corrected chi connectivity index (χ1v) is 7.57. The summed E-state index contributed by atoms with van der Waals surface area (Å²) in [6.07, 6.45) is 0. The van der Waals surface area contributed by atoms with Crippen molar-refractivity contribution in [2.45, 2.75) is 19.9 Å². The lowest BCUT2D eigenvalue weighted by Crippen LogP contribution is -2.29. The lowest BCUT2D eigenvalue weighted by atomic mass is 10.0. The highest BCUT2D eigenvalue weighted by Crippen LogP contribution is 2.23. The summed E-state index contributed by atoms with van der Waals surface area (Å²) in [5, 5.41) is 0. The smallest absolute Gasteiger partial charge is 0.254 e. The number of hydrogen-bond donors (Lipinski definition) is 1. The van der Waals surface area contributed by atoms with Crippen molar-refractivity contribution in [1.29, 1.82) is 0 Å². The molecule has 21 heavy (non-hydrogen) atoms. The Morgan fingerprint density at radius 2 is 1.81 bits per heavy atom. The van der Waals surface area contributed by atoms with Crippen LogP contribution in [0.1, 0.15) is 34.5 Å². The molecule has 2 aromatic rings. The van der Waals surface area contributed by atoms with E-state index in [0.29, 0.717) is 11.3 Å². The van der Waals surface area contributed by atoms with Crippen molar-refractivity contribution in [3.05, 3.63) is 63.6 Å². The minimum atomic E-state index is -0.0453. The molecule has 2 rings (SSSR count). The van der Waals surface area contributed by atoms with E-state index in [1.165, 1.54) is 5.56 Å². The van der Waals surface area contributed by atoms with E-state index in [4.69, 9.17) is 5.73 Å². The Hall–Kier alpha value is -1.81. The zero-order valence-corrected chi connectivity index (χ0v) is 14.0. The quantitative estimate of drug-likeness (QED) is 0.847. The molecule has 0 radical (unpaired) electrons. The topological polar surface area (TPSA) is 46.3 Å². The van der Waals surface area contributed by atoms with Gasteiger partial charge in [-0.25, -0.2) is 0 Å². The first kappa shape index (κ1) is 15.6. The van der Waals surface area contributed by atoms with Gasteiger partial charge in [0.25, 0.3) is 5.91 Å². The van der Waals surface area contributed by atoms with E-state index in [9.17, 15) is 4.79 Å². The lowest BCUT2D eigenvalue weighted by Gasteiger charge is -2.25. The van der Waals surface area contributed by atoms with Crippen LogP contribution in [0.3, 0.4) is 0 Å². The highest BCUT2D eigenvalue weighted by Gasteiger charge is 2.19. The molecule has 2 aromatic carbocycles. The van der Waals surface area contributed by atoms with Gasteiger partial charge in [-0.15, -0.1) is 0 Å².